The van der Waals surface area contributed by atoms with E-state index in [1.807, 2.05) is 0 Å². The minimum Gasteiger partial charge on any atom is -0.453 e. The van der Waals surface area contributed by atoms with Crippen molar-refractivity contribution in [1.29, 1.82) is 0 Å². The van der Waals surface area contributed by atoms with Crippen LogP contribution in [0.4, 0.5) is 0 Å². The maximum absolute atomic E-state index is 12.5. The van der Waals surface area contributed by atoms with Crippen LogP contribution in [-0.2, 0) is 42.9 Å². The predicted molar refractivity (Wildman–Crippen MR) is 118 cm³/mol. The van der Waals surface area contributed by atoms with Crippen molar-refractivity contribution in [1.82, 2.24) is 0 Å². The van der Waals surface area contributed by atoms with E-state index in [0.717, 1.165) is 36.4 Å². The highest BCUT2D eigenvalue weighted by Gasteiger charge is 2.21. The molecule has 0 heterocycles. The average molecular weight is 506 g/mol. The van der Waals surface area contributed by atoms with Crippen LogP contribution in [0.2, 0.25) is 0 Å². The third-order valence-corrected chi connectivity index (χ3v) is 3.55. The van der Waals surface area contributed by atoms with Crippen LogP contribution in [-0.4, -0.2) is 57.0 Å². The molecule has 0 saturated heterocycles. The van der Waals surface area contributed by atoms with Gasteiger partial charge in [-0.25, -0.2) is 24.0 Å². The molecular weight excluding hydrogens is 484 g/mol. The van der Waals surface area contributed by atoms with Crippen LogP contribution in [0.15, 0.2) is 62.8 Å². The first-order valence-corrected chi connectivity index (χ1v) is 9.66. The number of carbonyl (C=O) groups is 5. The van der Waals surface area contributed by atoms with Gasteiger partial charge in [0.1, 0.15) is 0 Å². The van der Waals surface area contributed by atoms with Gasteiger partial charge in [0.25, 0.3) is 0 Å². The number of hydrogen-bond donors (Lipinski definition) is 0. The number of carbonyl (C=O) groups excluding carboxylic acids is 5. The Labute approximate surface area is 205 Å². The Morgan fingerprint density at radius 3 is 1.31 bits per heavy atom. The second kappa shape index (κ2) is 15.7. The molecule has 1 rings (SSSR count). The molecule has 13 heteroatoms. The molecule has 0 amide bonds. The lowest BCUT2D eigenvalue weighted by Crippen LogP contribution is -2.15. The van der Waals surface area contributed by atoms with Crippen LogP contribution >= 0.6 is 0 Å². The number of rotatable bonds is 16. The second-order valence-corrected chi connectivity index (χ2v) is 5.81. The maximum Gasteiger partial charge on any atom is 0.341 e. The summed E-state index contributed by atoms with van der Waals surface area (Å²) in [5.41, 5.74) is -0.213. The maximum atomic E-state index is 12.5. The summed E-state index contributed by atoms with van der Waals surface area (Å²) in [6.07, 6.45) is 3.53. The van der Waals surface area contributed by atoms with Crippen molar-refractivity contribution in [2.24, 2.45) is 0 Å². The van der Waals surface area contributed by atoms with Gasteiger partial charge in [-0.2, -0.15) is 0 Å². The zero-order valence-corrected chi connectivity index (χ0v) is 18.9. The molecule has 36 heavy (non-hydrogen) atoms. The number of benzene rings is 1. The van der Waals surface area contributed by atoms with Gasteiger partial charge in [-0.1, -0.05) is 26.3 Å². The summed E-state index contributed by atoms with van der Waals surface area (Å²) >= 11 is 0. The topological polar surface area (TPSA) is 159 Å². The van der Waals surface area contributed by atoms with Gasteiger partial charge < -0.3 is 37.9 Å². The third kappa shape index (κ3) is 10.2. The smallest absolute Gasteiger partial charge is 0.341 e. The molecule has 0 fully saturated rings. The minimum atomic E-state index is -1.00. The summed E-state index contributed by atoms with van der Waals surface area (Å²) in [6.45, 7) is 10.2. The predicted octanol–water partition coefficient (Wildman–Crippen LogP) is 1.73. The molecule has 0 aliphatic rings. The van der Waals surface area contributed by atoms with Gasteiger partial charge in [-0.3, -0.25) is 0 Å². The lowest BCUT2D eigenvalue weighted by atomic mass is 10.2. The van der Waals surface area contributed by atoms with E-state index in [1.165, 1.54) is 0 Å². The van der Waals surface area contributed by atoms with Crippen LogP contribution in [0.25, 0.3) is 0 Å². The average Bonchev–Trinajstić information content (AvgIpc) is 2.88. The Morgan fingerprint density at radius 1 is 0.556 bits per heavy atom. The SMILES string of the molecule is C=CC(=O)OCOC(=O)c1cc(OCOC(=O)C=C)c(OCOC(=O)C=C)c(OCOC(=O)C=C)c1. The number of esters is 5. The molecule has 0 N–H and O–H groups in total. The third-order valence-electron chi connectivity index (χ3n) is 3.55. The van der Waals surface area contributed by atoms with Gasteiger partial charge in [0.05, 0.1) is 5.56 Å². The summed E-state index contributed by atoms with van der Waals surface area (Å²) in [7, 11) is 0. The Hall–Kier alpha value is -5.07. The lowest BCUT2D eigenvalue weighted by Gasteiger charge is -2.18. The fourth-order valence-electron chi connectivity index (χ4n) is 1.96. The van der Waals surface area contributed by atoms with Crippen molar-refractivity contribution < 1.29 is 61.9 Å². The Balaban J connectivity index is 3.28. The summed E-state index contributed by atoms with van der Waals surface area (Å²) in [4.78, 5) is 57.5. The van der Waals surface area contributed by atoms with Gasteiger partial charge in [0.15, 0.2) is 11.5 Å². The largest absolute Gasteiger partial charge is 0.453 e. The second-order valence-electron chi connectivity index (χ2n) is 5.81. The van der Waals surface area contributed by atoms with E-state index >= 15 is 0 Å². The summed E-state index contributed by atoms with van der Waals surface area (Å²) in [5, 5.41) is 0. The number of hydrogen-bond acceptors (Lipinski definition) is 13. The van der Waals surface area contributed by atoms with Crippen molar-refractivity contribution in [3.05, 3.63) is 68.3 Å². The molecule has 192 valence electrons. The van der Waals surface area contributed by atoms with Gasteiger partial charge in [0.2, 0.25) is 32.9 Å². The van der Waals surface area contributed by atoms with Crippen LogP contribution in [0.3, 0.4) is 0 Å². The highest BCUT2D eigenvalue weighted by Crippen LogP contribution is 2.39. The molecule has 0 unspecified atom stereocenters. The van der Waals surface area contributed by atoms with Crippen LogP contribution in [0.5, 0.6) is 17.2 Å². The summed E-state index contributed by atoms with van der Waals surface area (Å²) in [6, 6.07) is 2.21. The van der Waals surface area contributed by atoms with Gasteiger partial charge in [-0.15, -0.1) is 0 Å². The molecular formula is C23H22O13. The standard InChI is InChI=1S/C23H22O13/c1-5-18(24)31-11-29-16-9-15(23(28)36-14-34-21(27)8-4)10-17(30-12-32-19(25)6-2)22(16)35-13-33-20(26)7-3/h5-10H,1-4,11-14H2. The van der Waals surface area contributed by atoms with E-state index in [1.54, 1.807) is 0 Å². The molecule has 0 saturated carbocycles. The van der Waals surface area contributed by atoms with Crippen molar-refractivity contribution in [2.75, 3.05) is 27.2 Å². The van der Waals surface area contributed by atoms with Crippen LogP contribution in [0, 0.1) is 0 Å². The zero-order chi connectivity index (χ0) is 26.9. The molecule has 0 aliphatic carbocycles. The summed E-state index contributed by atoms with van der Waals surface area (Å²) < 4.78 is 39.7. The molecule has 0 spiro atoms. The zero-order valence-electron chi connectivity index (χ0n) is 18.9. The molecule has 0 radical (unpaired) electrons. The van der Waals surface area contributed by atoms with Crippen LogP contribution < -0.4 is 14.2 Å². The summed E-state index contributed by atoms with van der Waals surface area (Å²) in [5.74, 6) is -5.01. The normalized spacial score (nSPS) is 9.44. The fourth-order valence-corrected chi connectivity index (χ4v) is 1.96. The van der Waals surface area contributed by atoms with Gasteiger partial charge in [-0.05, 0) is 12.1 Å². The molecule has 0 aromatic heterocycles. The molecule has 0 bridgehead atoms. The molecule has 0 aliphatic heterocycles. The highest BCUT2D eigenvalue weighted by atomic mass is 16.7. The van der Waals surface area contributed by atoms with Crippen molar-refractivity contribution in [2.45, 2.75) is 0 Å². The first-order chi connectivity index (χ1) is 17.2. The fraction of sp³-hybridized carbons (Fsp3) is 0.174. The Morgan fingerprint density at radius 2 is 0.917 bits per heavy atom. The Bertz CT molecular complexity index is 978. The van der Waals surface area contributed by atoms with Gasteiger partial charge in [0, 0.05) is 24.3 Å². The van der Waals surface area contributed by atoms with E-state index in [2.05, 4.69) is 31.1 Å². The van der Waals surface area contributed by atoms with Crippen molar-refractivity contribution >= 4 is 29.8 Å². The highest BCUT2D eigenvalue weighted by molar-refractivity contribution is 5.91. The van der Waals surface area contributed by atoms with Crippen LogP contribution in [0.1, 0.15) is 10.4 Å². The molecule has 1 aromatic rings. The van der Waals surface area contributed by atoms with E-state index in [-0.39, 0.29) is 22.8 Å². The molecule has 1 aromatic carbocycles. The van der Waals surface area contributed by atoms with E-state index in [4.69, 9.17) is 33.2 Å². The van der Waals surface area contributed by atoms with Crippen molar-refractivity contribution in [3.8, 4) is 17.2 Å². The van der Waals surface area contributed by atoms with Crippen molar-refractivity contribution in [3.63, 3.8) is 0 Å². The quantitative estimate of drug-likeness (QED) is 0.138. The Kier molecular flexibility index (Phi) is 12.6. The molecule has 0 atom stereocenters. The van der Waals surface area contributed by atoms with E-state index in [0.29, 0.717) is 0 Å². The first kappa shape index (κ1) is 29.0. The van der Waals surface area contributed by atoms with E-state index in [9.17, 15) is 24.0 Å². The first-order valence-electron chi connectivity index (χ1n) is 9.66. The minimum absolute atomic E-state index is 0.213. The molecule has 13 nitrogen and oxygen atoms in total. The lowest BCUT2D eigenvalue weighted by molar-refractivity contribution is -0.147. The monoisotopic (exact) mass is 506 g/mol. The van der Waals surface area contributed by atoms with E-state index < -0.39 is 57.0 Å². The number of ether oxygens (including phenoxy) is 8. The van der Waals surface area contributed by atoms with Gasteiger partial charge >= 0.3 is 29.8 Å².